The van der Waals surface area contributed by atoms with Gasteiger partial charge in [0, 0.05) is 62.2 Å². The van der Waals surface area contributed by atoms with Gasteiger partial charge >= 0.3 is 0 Å². The summed E-state index contributed by atoms with van der Waals surface area (Å²) in [6.07, 6.45) is 0. The number of aryl methyl sites for hydroxylation is 1. The minimum absolute atomic E-state index is 0.0753. The molecule has 3 aromatic rings. The number of non-ortho nitro benzene ring substituents is 1. The zero-order valence-electron chi connectivity index (χ0n) is 16.4. The summed E-state index contributed by atoms with van der Waals surface area (Å²) in [6, 6.07) is 6.82. The summed E-state index contributed by atoms with van der Waals surface area (Å²) in [6.45, 7) is 6.08. The smallest absolute Gasteiger partial charge is 0.270 e. The van der Waals surface area contributed by atoms with Gasteiger partial charge in [0.05, 0.1) is 17.0 Å². The number of piperazine rings is 1. The van der Waals surface area contributed by atoms with Gasteiger partial charge in [0.1, 0.15) is 6.61 Å². The summed E-state index contributed by atoms with van der Waals surface area (Å²) >= 11 is 0. The van der Waals surface area contributed by atoms with Gasteiger partial charge in [0.25, 0.3) is 5.69 Å². The van der Waals surface area contributed by atoms with Crippen molar-refractivity contribution in [1.82, 2.24) is 20.0 Å². The van der Waals surface area contributed by atoms with E-state index in [0.29, 0.717) is 24.9 Å². The van der Waals surface area contributed by atoms with E-state index in [0.717, 1.165) is 48.5 Å². The highest BCUT2D eigenvalue weighted by atomic mass is 16.6. The minimum atomic E-state index is -0.372. The van der Waals surface area contributed by atoms with Crippen LogP contribution in [0.15, 0.2) is 28.8 Å². The van der Waals surface area contributed by atoms with Gasteiger partial charge in [0.2, 0.25) is 5.89 Å². The molecule has 1 aliphatic heterocycles. The van der Waals surface area contributed by atoms with Crippen molar-refractivity contribution in [3.8, 4) is 0 Å². The quantitative estimate of drug-likeness (QED) is 0.456. The molecule has 29 heavy (non-hydrogen) atoms. The highest BCUT2D eigenvalue weighted by Crippen LogP contribution is 2.30. The number of nitro groups is 1. The van der Waals surface area contributed by atoms with Gasteiger partial charge in [-0.3, -0.25) is 20.0 Å². The monoisotopic (exact) mass is 398 g/mol. The lowest BCUT2D eigenvalue weighted by Crippen LogP contribution is -2.46. The number of anilines is 1. The molecule has 3 heterocycles. The fourth-order valence-electron chi connectivity index (χ4n) is 3.58. The van der Waals surface area contributed by atoms with E-state index >= 15 is 0 Å². The molecule has 0 aliphatic carbocycles. The number of methoxy groups -OCH3 is 1. The average molecular weight is 398 g/mol. The molecule has 0 saturated carbocycles. The molecular formula is C19H22N6O4. The summed E-state index contributed by atoms with van der Waals surface area (Å²) < 4.78 is 10.3. The number of hydrogen-bond donors (Lipinski definition) is 0. The Bertz CT molecular complexity index is 1030. The minimum Gasteiger partial charge on any atom is -0.377 e. The summed E-state index contributed by atoms with van der Waals surface area (Å²) in [5, 5.41) is 15.9. The Morgan fingerprint density at radius 1 is 1.21 bits per heavy atom. The van der Waals surface area contributed by atoms with Crippen LogP contribution in [-0.4, -0.2) is 58.2 Å². The van der Waals surface area contributed by atoms with Gasteiger partial charge in [-0.05, 0) is 19.1 Å². The lowest BCUT2D eigenvalue weighted by atomic mass is 10.1. The Morgan fingerprint density at radius 2 is 2.00 bits per heavy atom. The third-order valence-corrected chi connectivity index (χ3v) is 4.96. The molecule has 1 fully saturated rings. The van der Waals surface area contributed by atoms with Crippen molar-refractivity contribution >= 4 is 22.3 Å². The van der Waals surface area contributed by atoms with E-state index in [-0.39, 0.29) is 10.6 Å². The molecule has 0 spiro atoms. The SMILES string of the molecule is COCc1noc(CN2CCN(c3cc(C)nc4ccc([N+](=O)[O-])cc34)CC2)n1. The second-order valence-corrected chi connectivity index (χ2v) is 7.04. The number of nitro benzene ring substituents is 1. The molecule has 10 heteroatoms. The van der Waals surface area contributed by atoms with E-state index in [9.17, 15) is 10.1 Å². The van der Waals surface area contributed by atoms with Crippen LogP contribution in [0.1, 0.15) is 17.4 Å². The lowest BCUT2D eigenvalue weighted by Gasteiger charge is -2.36. The van der Waals surface area contributed by atoms with Gasteiger partial charge < -0.3 is 14.2 Å². The molecule has 0 radical (unpaired) electrons. The van der Waals surface area contributed by atoms with Crippen LogP contribution >= 0.6 is 0 Å². The molecule has 4 rings (SSSR count). The molecular weight excluding hydrogens is 376 g/mol. The van der Waals surface area contributed by atoms with E-state index in [1.807, 2.05) is 13.0 Å². The number of nitrogens with zero attached hydrogens (tertiary/aromatic N) is 6. The molecule has 1 saturated heterocycles. The molecule has 0 amide bonds. The van der Waals surface area contributed by atoms with E-state index in [2.05, 4.69) is 24.9 Å². The summed E-state index contributed by atoms with van der Waals surface area (Å²) in [7, 11) is 1.59. The fourth-order valence-corrected chi connectivity index (χ4v) is 3.58. The molecule has 0 bridgehead atoms. The highest BCUT2D eigenvalue weighted by molar-refractivity contribution is 5.93. The fraction of sp³-hybridized carbons (Fsp3) is 0.421. The molecule has 2 aromatic heterocycles. The number of rotatable bonds is 6. The summed E-state index contributed by atoms with van der Waals surface area (Å²) in [5.41, 5.74) is 2.71. The van der Waals surface area contributed by atoms with Crippen LogP contribution in [0.2, 0.25) is 0 Å². The Kier molecular flexibility index (Phi) is 5.36. The normalized spacial score (nSPS) is 15.2. The third kappa shape index (κ3) is 4.17. The summed E-state index contributed by atoms with van der Waals surface area (Å²) in [4.78, 5) is 24.2. The number of ether oxygens (including phenoxy) is 1. The number of pyridine rings is 1. The van der Waals surface area contributed by atoms with Crippen LogP contribution in [0.5, 0.6) is 0 Å². The molecule has 1 aliphatic rings. The van der Waals surface area contributed by atoms with Crippen molar-refractivity contribution in [1.29, 1.82) is 0 Å². The predicted octanol–water partition coefficient (Wildman–Crippen LogP) is 2.30. The van der Waals surface area contributed by atoms with Crippen molar-refractivity contribution in [2.75, 3.05) is 38.2 Å². The average Bonchev–Trinajstić information content (AvgIpc) is 3.14. The second-order valence-electron chi connectivity index (χ2n) is 7.04. The van der Waals surface area contributed by atoms with Gasteiger partial charge in [-0.15, -0.1) is 0 Å². The standard InChI is InChI=1S/C19H22N6O4/c1-13-9-17(15-10-14(25(26)27)3-4-16(15)20-13)24-7-5-23(6-8-24)11-19-21-18(12-28-2)22-29-19/h3-4,9-10H,5-8,11-12H2,1-2H3. The first-order valence-electron chi connectivity index (χ1n) is 9.37. The van der Waals surface area contributed by atoms with Crippen LogP contribution in [-0.2, 0) is 17.9 Å². The van der Waals surface area contributed by atoms with Crippen LogP contribution < -0.4 is 4.90 Å². The largest absolute Gasteiger partial charge is 0.377 e. The van der Waals surface area contributed by atoms with E-state index in [4.69, 9.17) is 9.26 Å². The predicted molar refractivity (Wildman–Crippen MR) is 106 cm³/mol. The maximum Gasteiger partial charge on any atom is 0.270 e. The summed E-state index contributed by atoms with van der Waals surface area (Å²) in [5.74, 6) is 1.12. The van der Waals surface area contributed by atoms with Gasteiger partial charge in [0.15, 0.2) is 5.82 Å². The van der Waals surface area contributed by atoms with Crippen molar-refractivity contribution in [2.24, 2.45) is 0 Å². The first-order valence-corrected chi connectivity index (χ1v) is 9.37. The van der Waals surface area contributed by atoms with Crippen molar-refractivity contribution in [2.45, 2.75) is 20.1 Å². The number of benzene rings is 1. The molecule has 0 atom stereocenters. The Balaban J connectivity index is 1.49. The second kappa shape index (κ2) is 8.10. The Hall–Kier alpha value is -3.11. The van der Waals surface area contributed by atoms with Crippen LogP contribution in [0.3, 0.4) is 0 Å². The lowest BCUT2D eigenvalue weighted by molar-refractivity contribution is -0.384. The number of hydrogen-bond acceptors (Lipinski definition) is 9. The zero-order valence-corrected chi connectivity index (χ0v) is 16.4. The van der Waals surface area contributed by atoms with Crippen molar-refractivity contribution in [3.05, 3.63) is 51.8 Å². The zero-order chi connectivity index (χ0) is 20.4. The number of fused-ring (bicyclic) bond motifs is 1. The maximum atomic E-state index is 11.2. The topological polar surface area (TPSA) is 111 Å². The molecule has 1 aromatic carbocycles. The molecule has 0 unspecified atom stereocenters. The Morgan fingerprint density at radius 3 is 2.72 bits per heavy atom. The maximum absolute atomic E-state index is 11.2. The molecule has 152 valence electrons. The van der Waals surface area contributed by atoms with Crippen molar-refractivity contribution < 1.29 is 14.2 Å². The molecule has 10 nitrogen and oxygen atoms in total. The first kappa shape index (κ1) is 19.2. The van der Waals surface area contributed by atoms with Crippen LogP contribution in [0.25, 0.3) is 10.9 Å². The van der Waals surface area contributed by atoms with E-state index < -0.39 is 0 Å². The van der Waals surface area contributed by atoms with Crippen LogP contribution in [0.4, 0.5) is 11.4 Å². The number of aromatic nitrogens is 3. The van der Waals surface area contributed by atoms with E-state index in [1.54, 1.807) is 19.2 Å². The van der Waals surface area contributed by atoms with Gasteiger partial charge in [-0.2, -0.15) is 4.98 Å². The Labute approximate surface area is 167 Å². The van der Waals surface area contributed by atoms with Crippen LogP contribution in [0, 0.1) is 17.0 Å². The first-order chi connectivity index (χ1) is 14.0. The van der Waals surface area contributed by atoms with Crippen molar-refractivity contribution in [3.63, 3.8) is 0 Å². The highest BCUT2D eigenvalue weighted by Gasteiger charge is 2.22. The van der Waals surface area contributed by atoms with Gasteiger partial charge in [-0.25, -0.2) is 0 Å². The van der Waals surface area contributed by atoms with Gasteiger partial charge in [-0.1, -0.05) is 5.16 Å². The third-order valence-electron chi connectivity index (χ3n) is 4.96. The van der Waals surface area contributed by atoms with E-state index in [1.165, 1.54) is 6.07 Å². The molecule has 0 N–H and O–H groups in total.